The van der Waals surface area contributed by atoms with Crippen molar-refractivity contribution in [3.05, 3.63) is 67.0 Å². The van der Waals surface area contributed by atoms with Crippen LogP contribution < -0.4 is 5.32 Å². The molecule has 3 aromatic rings. The molecule has 0 aliphatic rings. The Hall–Kier alpha value is -3.02. The van der Waals surface area contributed by atoms with Gasteiger partial charge in [0.2, 0.25) is 0 Å². The Morgan fingerprint density at radius 2 is 1.88 bits per heavy atom. The van der Waals surface area contributed by atoms with Gasteiger partial charge >= 0.3 is 0 Å². The topological polar surface area (TPSA) is 59.8 Å². The van der Waals surface area contributed by atoms with Gasteiger partial charge in [-0.15, -0.1) is 0 Å². The zero-order chi connectivity index (χ0) is 17.2. The van der Waals surface area contributed by atoms with Crippen molar-refractivity contribution < 1.29 is 9.18 Å². The molecule has 3 rings (SSSR count). The third kappa shape index (κ3) is 3.17. The molecule has 0 saturated heterocycles. The van der Waals surface area contributed by atoms with Crippen LogP contribution in [0.5, 0.6) is 0 Å². The number of benzene rings is 2. The van der Waals surface area contributed by atoms with Gasteiger partial charge in [0.25, 0.3) is 5.91 Å². The maximum atomic E-state index is 13.3. The summed E-state index contributed by atoms with van der Waals surface area (Å²) in [4.78, 5) is 16.4. The minimum absolute atomic E-state index is 0.202. The van der Waals surface area contributed by atoms with Crippen molar-refractivity contribution in [1.29, 1.82) is 0 Å². The van der Waals surface area contributed by atoms with Crippen LogP contribution in [0.2, 0.25) is 0 Å². The van der Waals surface area contributed by atoms with Gasteiger partial charge in [0.15, 0.2) is 0 Å². The normalized spacial score (nSPS) is 11.3. The van der Waals surface area contributed by atoms with Crippen LogP contribution in [0.3, 0.4) is 0 Å². The molecule has 6 heteroatoms. The zero-order valence-corrected chi connectivity index (χ0v) is 13.4. The van der Waals surface area contributed by atoms with Gasteiger partial charge in [-0.3, -0.25) is 4.79 Å². The first-order chi connectivity index (χ1) is 11.5. The molecule has 0 spiro atoms. The fourth-order valence-electron chi connectivity index (χ4n) is 2.30. The molecule has 0 fully saturated rings. The standard InChI is InChI=1S/C18H17FN4O/c1-18(2,23-12-20-11-21-23)17(24)22-16-8-6-13(7-9-16)14-4-3-5-15(19)10-14/h3-12H,1-2H3,(H,22,24). The smallest absolute Gasteiger partial charge is 0.251 e. The third-order valence-electron chi connectivity index (χ3n) is 3.85. The zero-order valence-electron chi connectivity index (χ0n) is 13.4. The van der Waals surface area contributed by atoms with Gasteiger partial charge in [-0.25, -0.2) is 14.1 Å². The van der Waals surface area contributed by atoms with Crippen molar-refractivity contribution in [3.63, 3.8) is 0 Å². The second-order valence-corrected chi connectivity index (χ2v) is 5.94. The number of amides is 1. The van der Waals surface area contributed by atoms with Gasteiger partial charge in [-0.2, -0.15) is 5.10 Å². The third-order valence-corrected chi connectivity index (χ3v) is 3.85. The number of nitrogens with zero attached hydrogens (tertiary/aromatic N) is 3. The summed E-state index contributed by atoms with van der Waals surface area (Å²) in [7, 11) is 0. The minimum atomic E-state index is -0.863. The Morgan fingerprint density at radius 3 is 2.50 bits per heavy atom. The number of hydrogen-bond donors (Lipinski definition) is 1. The van der Waals surface area contributed by atoms with Crippen LogP contribution in [0.15, 0.2) is 61.2 Å². The van der Waals surface area contributed by atoms with Crippen molar-refractivity contribution in [2.45, 2.75) is 19.4 Å². The lowest BCUT2D eigenvalue weighted by Crippen LogP contribution is -2.40. The highest BCUT2D eigenvalue weighted by molar-refractivity contribution is 5.96. The highest BCUT2D eigenvalue weighted by Gasteiger charge is 2.30. The van der Waals surface area contributed by atoms with Crippen LogP contribution in [0, 0.1) is 5.82 Å². The van der Waals surface area contributed by atoms with Gasteiger partial charge in [0.1, 0.15) is 24.0 Å². The average molecular weight is 324 g/mol. The molecule has 0 atom stereocenters. The fourth-order valence-corrected chi connectivity index (χ4v) is 2.30. The van der Waals surface area contributed by atoms with Crippen molar-refractivity contribution >= 4 is 11.6 Å². The summed E-state index contributed by atoms with van der Waals surface area (Å²) in [6.07, 6.45) is 2.90. The molecule has 1 N–H and O–H groups in total. The monoisotopic (exact) mass is 324 g/mol. The largest absolute Gasteiger partial charge is 0.324 e. The van der Waals surface area contributed by atoms with Crippen LogP contribution in [-0.4, -0.2) is 20.7 Å². The predicted octanol–water partition coefficient (Wildman–Crippen LogP) is 3.46. The maximum absolute atomic E-state index is 13.3. The Kier molecular flexibility index (Phi) is 4.12. The molecule has 1 amide bonds. The summed E-state index contributed by atoms with van der Waals surface area (Å²) in [5.74, 6) is -0.481. The Bertz CT molecular complexity index is 842. The SMILES string of the molecule is CC(C)(C(=O)Nc1ccc(-c2cccc(F)c2)cc1)n1cncn1. The van der Waals surface area contributed by atoms with Gasteiger partial charge in [-0.1, -0.05) is 24.3 Å². The summed E-state index contributed by atoms with van der Waals surface area (Å²) in [6, 6.07) is 13.6. The molecule has 5 nitrogen and oxygen atoms in total. The number of carbonyl (C=O) groups excluding carboxylic acids is 1. The molecule has 2 aromatic carbocycles. The molecule has 1 aromatic heterocycles. The molecule has 0 saturated carbocycles. The van der Waals surface area contributed by atoms with E-state index < -0.39 is 5.54 Å². The number of aromatic nitrogens is 3. The Balaban J connectivity index is 1.76. The molecule has 1 heterocycles. The van der Waals surface area contributed by atoms with E-state index in [1.165, 1.54) is 29.5 Å². The van der Waals surface area contributed by atoms with E-state index in [1.807, 2.05) is 18.2 Å². The molecule has 0 unspecified atom stereocenters. The van der Waals surface area contributed by atoms with E-state index in [0.717, 1.165) is 11.1 Å². The second-order valence-electron chi connectivity index (χ2n) is 5.94. The number of anilines is 1. The molecule has 0 radical (unpaired) electrons. The van der Waals surface area contributed by atoms with E-state index in [0.29, 0.717) is 5.69 Å². The summed E-state index contributed by atoms with van der Waals surface area (Å²) in [5, 5.41) is 6.88. The van der Waals surface area contributed by atoms with Gasteiger partial charge in [-0.05, 0) is 49.2 Å². The van der Waals surface area contributed by atoms with Gasteiger partial charge < -0.3 is 5.32 Å². The molecule has 122 valence electrons. The average Bonchev–Trinajstić information content (AvgIpc) is 3.11. The molecule has 0 aliphatic carbocycles. The summed E-state index contributed by atoms with van der Waals surface area (Å²) in [5.41, 5.74) is 1.46. The Labute approximate surface area is 139 Å². The fraction of sp³-hybridized carbons (Fsp3) is 0.167. The van der Waals surface area contributed by atoms with Crippen molar-refractivity contribution in [2.24, 2.45) is 0 Å². The van der Waals surface area contributed by atoms with Crippen LogP contribution in [0.25, 0.3) is 11.1 Å². The minimum Gasteiger partial charge on any atom is -0.324 e. The first-order valence-corrected chi connectivity index (χ1v) is 7.49. The maximum Gasteiger partial charge on any atom is 0.251 e. The van der Waals surface area contributed by atoms with Crippen LogP contribution >= 0.6 is 0 Å². The second kappa shape index (κ2) is 6.23. The quantitative estimate of drug-likeness (QED) is 0.799. The number of hydrogen-bond acceptors (Lipinski definition) is 3. The molecular formula is C18H17FN4O. The van der Waals surface area contributed by atoms with E-state index >= 15 is 0 Å². The number of rotatable bonds is 4. The van der Waals surface area contributed by atoms with Crippen LogP contribution in [-0.2, 0) is 10.3 Å². The molecular weight excluding hydrogens is 307 g/mol. The highest BCUT2D eigenvalue weighted by atomic mass is 19.1. The number of carbonyl (C=O) groups is 1. The van der Waals surface area contributed by atoms with E-state index in [2.05, 4.69) is 15.4 Å². The van der Waals surface area contributed by atoms with E-state index in [9.17, 15) is 9.18 Å². The summed E-state index contributed by atoms with van der Waals surface area (Å²) < 4.78 is 14.8. The predicted molar refractivity (Wildman–Crippen MR) is 89.8 cm³/mol. The number of nitrogens with one attached hydrogen (secondary N) is 1. The first-order valence-electron chi connectivity index (χ1n) is 7.49. The van der Waals surface area contributed by atoms with Crippen LogP contribution in [0.4, 0.5) is 10.1 Å². The van der Waals surface area contributed by atoms with Crippen molar-refractivity contribution in [3.8, 4) is 11.1 Å². The molecule has 0 aliphatic heterocycles. The van der Waals surface area contributed by atoms with E-state index in [1.54, 1.807) is 32.0 Å². The van der Waals surface area contributed by atoms with Crippen molar-refractivity contribution in [1.82, 2.24) is 14.8 Å². The lowest BCUT2D eigenvalue weighted by atomic mass is 10.0. The number of halogens is 1. The lowest BCUT2D eigenvalue weighted by molar-refractivity contribution is -0.123. The Morgan fingerprint density at radius 1 is 1.12 bits per heavy atom. The molecule has 0 bridgehead atoms. The summed E-state index contributed by atoms with van der Waals surface area (Å²) >= 11 is 0. The van der Waals surface area contributed by atoms with Crippen molar-refractivity contribution in [2.75, 3.05) is 5.32 Å². The van der Waals surface area contributed by atoms with Gasteiger partial charge in [0.05, 0.1) is 0 Å². The van der Waals surface area contributed by atoms with E-state index in [4.69, 9.17) is 0 Å². The van der Waals surface area contributed by atoms with Gasteiger partial charge in [0, 0.05) is 5.69 Å². The highest BCUT2D eigenvalue weighted by Crippen LogP contribution is 2.23. The van der Waals surface area contributed by atoms with E-state index in [-0.39, 0.29) is 11.7 Å². The lowest BCUT2D eigenvalue weighted by Gasteiger charge is -2.23. The molecule has 24 heavy (non-hydrogen) atoms. The first kappa shape index (κ1) is 15.9. The van der Waals surface area contributed by atoms with Crippen LogP contribution in [0.1, 0.15) is 13.8 Å². The summed E-state index contributed by atoms with van der Waals surface area (Å²) in [6.45, 7) is 3.52.